The van der Waals surface area contributed by atoms with E-state index in [0.717, 1.165) is 12.5 Å². The first-order valence-electron chi connectivity index (χ1n) is 16.3. The number of carboxylic acids is 2. The number of fused-ring (bicyclic) bond motifs is 4. The Hall–Kier alpha value is -7.41. The van der Waals surface area contributed by atoms with Crippen LogP contribution in [0.15, 0.2) is 79.4 Å². The summed E-state index contributed by atoms with van der Waals surface area (Å²) in [6.07, 6.45) is 1.07. The molecule has 0 fully saturated rings. The van der Waals surface area contributed by atoms with Crippen molar-refractivity contribution in [2.45, 2.75) is 12.9 Å². The van der Waals surface area contributed by atoms with Crippen molar-refractivity contribution in [1.29, 1.82) is 0 Å². The maximum atomic E-state index is 12.8. The normalized spacial score (nSPS) is 10.3. The van der Waals surface area contributed by atoms with Gasteiger partial charge in [0.1, 0.15) is 45.4 Å². The summed E-state index contributed by atoms with van der Waals surface area (Å²) in [5.41, 5.74) is 0.485. The summed E-state index contributed by atoms with van der Waals surface area (Å²) in [5, 5.41) is 19.2. The van der Waals surface area contributed by atoms with E-state index in [9.17, 15) is 41.5 Å². The van der Waals surface area contributed by atoms with Crippen molar-refractivity contribution in [2.75, 3.05) is 14.2 Å². The molecule has 8 aromatic heterocycles. The van der Waals surface area contributed by atoms with Crippen LogP contribution in [-0.2, 0) is 9.47 Å². The standard InChI is InChI=1S/C10H8F2N2O2.C10H8N2O3.C9H6F2N2O2.C8H6N2O2.Li.H2O/c1-16-10(15)7-6(8(11)12)5-3-2-4-13-9(5)14-7;1-15-10(14)8-7(5-13)6-3-2-4-11-9(6)12-8;10-7(11)5-4-2-1-3-12-8(4)13-6(5)9(14)15;11-8(12)6-4-5-2-1-3-9-7(5)10-6;;/h2-4,8H,1H3,(H,13,14);2-5H,1H3,(H,11,12);1-3,7H,(H,12,13)(H,14,15);1-4H,(H,9,10)(H,11,12);;1H2/q;;;;+1;/p-1. The Morgan fingerprint density at radius 1 is 0.617 bits per heavy atom. The number of aldehydes is 1. The van der Waals surface area contributed by atoms with E-state index in [1.54, 1.807) is 36.7 Å². The number of H-pyrrole nitrogens is 4. The molecule has 8 aromatic rings. The van der Waals surface area contributed by atoms with Crippen LogP contribution in [-0.4, -0.2) is 99.9 Å². The Bertz CT molecular complexity index is 2750. The molecule has 0 spiro atoms. The fourth-order valence-electron chi connectivity index (χ4n) is 5.47. The molecule has 0 unspecified atom stereocenters. The maximum Gasteiger partial charge on any atom is 1.00 e. The summed E-state index contributed by atoms with van der Waals surface area (Å²) in [4.78, 5) is 80.6. The van der Waals surface area contributed by atoms with E-state index in [4.69, 9.17) is 10.2 Å². The van der Waals surface area contributed by atoms with Crippen LogP contribution in [0.5, 0.6) is 0 Å². The number of hydrogen-bond donors (Lipinski definition) is 6. The first-order valence-corrected chi connectivity index (χ1v) is 16.3. The molecule has 7 N–H and O–H groups in total. The van der Waals surface area contributed by atoms with E-state index in [1.165, 1.54) is 43.8 Å². The van der Waals surface area contributed by atoms with Crippen molar-refractivity contribution in [3.8, 4) is 0 Å². The molecule has 306 valence electrons. The zero-order valence-corrected chi connectivity index (χ0v) is 31.2. The number of alkyl halides is 4. The van der Waals surface area contributed by atoms with Gasteiger partial charge in [0.15, 0.2) is 6.29 Å². The molecular weight excluding hydrogens is 799 g/mol. The minimum absolute atomic E-state index is 0. The number of esters is 2. The first-order chi connectivity index (χ1) is 27.8. The molecule has 0 aliphatic heterocycles. The van der Waals surface area contributed by atoms with Crippen molar-refractivity contribution in [3.05, 3.63) is 119 Å². The molecule has 0 atom stereocenters. The number of carboxylic acid groups (broad SMARTS) is 2. The number of carbonyl (C=O) groups is 5. The van der Waals surface area contributed by atoms with Gasteiger partial charge in [-0.1, -0.05) is 0 Å². The number of nitrogens with one attached hydrogen (secondary N) is 4. The second-order valence-electron chi connectivity index (χ2n) is 11.4. The van der Waals surface area contributed by atoms with E-state index in [-0.39, 0.29) is 74.6 Å². The number of hydrogen-bond acceptors (Lipinski definition) is 12. The van der Waals surface area contributed by atoms with Crippen molar-refractivity contribution >= 4 is 74.3 Å². The van der Waals surface area contributed by atoms with Crippen LogP contribution in [0, 0.1) is 0 Å². The number of nitrogens with zero attached hydrogens (tertiary/aromatic N) is 4. The third-order valence-electron chi connectivity index (χ3n) is 8.00. The van der Waals surface area contributed by atoms with Gasteiger partial charge >= 0.3 is 42.7 Å². The molecule has 0 saturated heterocycles. The fourth-order valence-corrected chi connectivity index (χ4v) is 5.47. The van der Waals surface area contributed by atoms with E-state index in [2.05, 4.69) is 49.3 Å². The zero-order chi connectivity index (χ0) is 42.1. The third kappa shape index (κ3) is 10.2. The van der Waals surface area contributed by atoms with Crippen LogP contribution in [0.1, 0.15) is 76.3 Å². The Morgan fingerprint density at radius 2 is 1.03 bits per heavy atom. The van der Waals surface area contributed by atoms with Gasteiger partial charge in [-0.15, -0.1) is 0 Å². The van der Waals surface area contributed by atoms with E-state index < -0.39 is 48.0 Å². The van der Waals surface area contributed by atoms with Gasteiger partial charge in [-0.2, -0.15) is 0 Å². The molecule has 0 amide bonds. The van der Waals surface area contributed by atoms with E-state index >= 15 is 0 Å². The summed E-state index contributed by atoms with van der Waals surface area (Å²) in [6.45, 7) is 0. The molecule has 0 aliphatic carbocycles. The average molecular weight is 829 g/mol. The molecule has 0 saturated carbocycles. The summed E-state index contributed by atoms with van der Waals surface area (Å²) < 4.78 is 59.9. The Balaban J connectivity index is 0.000000212. The number of halogens is 4. The molecule has 23 heteroatoms. The van der Waals surface area contributed by atoms with Crippen LogP contribution in [0.2, 0.25) is 0 Å². The summed E-state index contributed by atoms with van der Waals surface area (Å²) in [5.74, 6) is -3.78. The SMILES string of the molecule is COC(=O)c1[nH]c2ncccc2c1C(F)F.COC(=O)c1[nH]c2ncccc2c1C=O.O=C(O)c1[nH]c2ncccc2c1C(F)F.O=C(O)c1cc2cccnc2[nH]1.[Li+].[OH-]. The number of pyridine rings is 4. The van der Waals surface area contributed by atoms with Gasteiger partial charge < -0.3 is 45.1 Å². The molecular formula is C37H29F4LiN8O10. The second kappa shape index (κ2) is 20.8. The molecule has 18 nitrogen and oxygen atoms in total. The summed E-state index contributed by atoms with van der Waals surface area (Å²) in [7, 11) is 2.40. The first kappa shape index (κ1) is 47.0. The second-order valence-corrected chi connectivity index (χ2v) is 11.4. The van der Waals surface area contributed by atoms with Gasteiger partial charge in [-0.25, -0.2) is 56.7 Å². The van der Waals surface area contributed by atoms with Gasteiger partial charge in [0.25, 0.3) is 12.9 Å². The molecule has 0 radical (unpaired) electrons. The van der Waals surface area contributed by atoms with Crippen LogP contribution in [0.4, 0.5) is 17.6 Å². The molecule has 8 rings (SSSR count). The van der Waals surface area contributed by atoms with Crippen LogP contribution in [0.3, 0.4) is 0 Å². The number of aromatic carboxylic acids is 2. The van der Waals surface area contributed by atoms with Crippen molar-refractivity contribution in [3.63, 3.8) is 0 Å². The van der Waals surface area contributed by atoms with Gasteiger partial charge in [-0.05, 0) is 54.6 Å². The van der Waals surface area contributed by atoms with E-state index in [1.807, 2.05) is 6.07 Å². The minimum Gasteiger partial charge on any atom is -0.870 e. The predicted molar refractivity (Wildman–Crippen MR) is 198 cm³/mol. The molecule has 0 aromatic carbocycles. The quantitative estimate of drug-likeness (QED) is 0.0578. The molecule has 0 bridgehead atoms. The van der Waals surface area contributed by atoms with Crippen LogP contribution in [0.25, 0.3) is 44.1 Å². The monoisotopic (exact) mass is 828 g/mol. The van der Waals surface area contributed by atoms with Gasteiger partial charge in [0.2, 0.25) is 0 Å². The number of ether oxygens (including phenoxy) is 2. The average Bonchev–Trinajstić information content (AvgIpc) is 4.02. The predicted octanol–water partition coefficient (Wildman–Crippen LogP) is 3.74. The number of carbonyl (C=O) groups excluding carboxylic acids is 3. The largest absolute Gasteiger partial charge is 1.00 e. The molecule has 60 heavy (non-hydrogen) atoms. The Kier molecular flexibility index (Phi) is 16.3. The summed E-state index contributed by atoms with van der Waals surface area (Å²) in [6, 6.07) is 14.5. The number of rotatable bonds is 7. The van der Waals surface area contributed by atoms with Gasteiger partial charge in [-0.3, -0.25) is 4.79 Å². The maximum absolute atomic E-state index is 12.8. The smallest absolute Gasteiger partial charge is 0.870 e. The van der Waals surface area contributed by atoms with Crippen molar-refractivity contribution in [1.82, 2.24) is 39.9 Å². The number of aromatic nitrogens is 8. The van der Waals surface area contributed by atoms with Crippen LogP contribution < -0.4 is 18.9 Å². The minimum atomic E-state index is -2.84. The topological polar surface area (TPSA) is 289 Å². The van der Waals surface area contributed by atoms with Gasteiger partial charge in [0.05, 0.1) is 30.9 Å². The third-order valence-corrected chi connectivity index (χ3v) is 8.00. The fraction of sp³-hybridized carbons (Fsp3) is 0.108. The summed E-state index contributed by atoms with van der Waals surface area (Å²) >= 11 is 0. The Labute approximate surface area is 344 Å². The number of methoxy groups -OCH3 is 2. The Morgan fingerprint density at radius 3 is 1.48 bits per heavy atom. The van der Waals surface area contributed by atoms with Gasteiger partial charge in [0, 0.05) is 46.3 Å². The zero-order valence-electron chi connectivity index (χ0n) is 31.2. The molecule has 8 heterocycles. The molecule has 0 aliphatic rings. The van der Waals surface area contributed by atoms with Crippen LogP contribution >= 0.6 is 0 Å². The van der Waals surface area contributed by atoms with Crippen molar-refractivity contribution in [2.24, 2.45) is 0 Å². The van der Waals surface area contributed by atoms with E-state index in [0.29, 0.717) is 23.0 Å². The number of aromatic amines is 4. The van der Waals surface area contributed by atoms with Crippen molar-refractivity contribution < 1.29 is 85.6 Å².